The smallest absolute Gasteiger partial charge is 0.211 e. The number of aryl methyl sites for hydroxylation is 1. The molecule has 4 rings (SSSR count). The van der Waals surface area contributed by atoms with Crippen LogP contribution in [-0.4, -0.2) is 33.2 Å². The van der Waals surface area contributed by atoms with E-state index >= 15 is 0 Å². The van der Waals surface area contributed by atoms with Crippen LogP contribution in [0, 0.1) is 29.7 Å². The summed E-state index contributed by atoms with van der Waals surface area (Å²) in [6.07, 6.45) is 1.84. The summed E-state index contributed by atoms with van der Waals surface area (Å²) in [6, 6.07) is 6.96. The van der Waals surface area contributed by atoms with Crippen LogP contribution in [0.2, 0.25) is 0 Å². The van der Waals surface area contributed by atoms with Crippen LogP contribution in [0.4, 0.5) is 17.3 Å². The van der Waals surface area contributed by atoms with Crippen molar-refractivity contribution in [1.82, 2.24) is 25.5 Å². The Morgan fingerprint density at radius 2 is 2.09 bits per heavy atom. The standard InChI is InChI=1S/C20H19N11OS/c1-9-26-20(31-30-9)33-7-11-5-10(3-4-13(11)32-2)16-14-15(23)12(6-21)17(24)28-18(14)29-19(27-16)25-8-22/h3-5,16H,7H2,1-2H3,(H,26,30,31)(H6,23,24,25,27,28,29). The lowest BCUT2D eigenvalue weighted by molar-refractivity contribution is 0.411. The van der Waals surface area contributed by atoms with Crippen molar-refractivity contribution in [1.29, 1.82) is 10.5 Å². The minimum absolute atomic E-state index is 0.00757. The first-order valence-electron chi connectivity index (χ1n) is 9.62. The van der Waals surface area contributed by atoms with Gasteiger partial charge in [0.15, 0.2) is 6.19 Å². The van der Waals surface area contributed by atoms with Crippen LogP contribution >= 0.6 is 11.8 Å². The Hall–Kier alpha value is -4.49. The van der Waals surface area contributed by atoms with Gasteiger partial charge in [-0.05, 0) is 24.6 Å². The molecular weight excluding hydrogens is 442 g/mol. The summed E-state index contributed by atoms with van der Waals surface area (Å²) in [4.78, 5) is 13.2. The second kappa shape index (κ2) is 8.94. The molecule has 166 valence electrons. The largest absolute Gasteiger partial charge is 0.496 e. The highest BCUT2D eigenvalue weighted by molar-refractivity contribution is 7.98. The number of nitrogens with one attached hydrogen (secondary N) is 3. The van der Waals surface area contributed by atoms with Gasteiger partial charge >= 0.3 is 0 Å². The van der Waals surface area contributed by atoms with E-state index < -0.39 is 6.04 Å². The van der Waals surface area contributed by atoms with Crippen LogP contribution in [0.1, 0.15) is 34.1 Å². The lowest BCUT2D eigenvalue weighted by atomic mass is 9.94. The zero-order chi connectivity index (χ0) is 23.5. The number of benzene rings is 1. The zero-order valence-corrected chi connectivity index (χ0v) is 18.5. The van der Waals surface area contributed by atoms with Crippen molar-refractivity contribution in [2.24, 2.45) is 4.99 Å². The summed E-state index contributed by atoms with van der Waals surface area (Å²) in [7, 11) is 1.59. The summed E-state index contributed by atoms with van der Waals surface area (Å²) in [6.45, 7) is 1.83. The number of thioether (sulfide) groups is 1. The topological polar surface area (TPSA) is 200 Å². The van der Waals surface area contributed by atoms with Crippen LogP contribution in [-0.2, 0) is 5.75 Å². The number of pyridine rings is 1. The average molecular weight is 462 g/mol. The average Bonchev–Trinajstić information content (AvgIpc) is 3.22. The maximum absolute atomic E-state index is 9.49. The summed E-state index contributed by atoms with van der Waals surface area (Å²) < 4.78 is 5.52. The Balaban J connectivity index is 1.79. The van der Waals surface area contributed by atoms with Crippen molar-refractivity contribution in [3.8, 4) is 18.0 Å². The Labute approximate surface area is 193 Å². The molecule has 1 aliphatic rings. The SMILES string of the molecule is COc1ccc(C2N=C(NC#N)Nc3nc(N)c(C#N)c(N)c32)cc1CSc1n[nH]c(C)n1. The van der Waals surface area contributed by atoms with Crippen molar-refractivity contribution in [2.45, 2.75) is 23.9 Å². The number of nitriles is 2. The van der Waals surface area contributed by atoms with Crippen molar-refractivity contribution >= 4 is 35.0 Å². The molecule has 0 spiro atoms. The number of nitrogens with two attached hydrogens (primary N) is 2. The summed E-state index contributed by atoms with van der Waals surface area (Å²) >= 11 is 1.45. The number of guanidine groups is 1. The molecular formula is C20H19N11OS. The van der Waals surface area contributed by atoms with Gasteiger partial charge in [-0.2, -0.15) is 10.5 Å². The van der Waals surface area contributed by atoms with Crippen LogP contribution in [0.3, 0.4) is 0 Å². The molecule has 7 N–H and O–H groups in total. The fourth-order valence-electron chi connectivity index (χ4n) is 3.43. The zero-order valence-electron chi connectivity index (χ0n) is 17.7. The van der Waals surface area contributed by atoms with E-state index in [1.165, 1.54) is 11.8 Å². The highest BCUT2D eigenvalue weighted by Crippen LogP contribution is 2.41. The lowest BCUT2D eigenvalue weighted by Gasteiger charge is -2.26. The number of anilines is 3. The number of hydrogen-bond acceptors (Lipinski definition) is 12. The van der Waals surface area contributed by atoms with E-state index in [1.54, 1.807) is 7.11 Å². The number of aliphatic imine (C=N–C) groups is 1. The van der Waals surface area contributed by atoms with E-state index in [1.807, 2.05) is 37.4 Å². The van der Waals surface area contributed by atoms with Crippen LogP contribution in [0.5, 0.6) is 5.75 Å². The number of rotatable bonds is 5. The van der Waals surface area contributed by atoms with Crippen molar-refractivity contribution in [3.63, 3.8) is 0 Å². The summed E-state index contributed by atoms with van der Waals surface area (Å²) in [5.74, 6) is 2.46. The molecule has 3 aromatic rings. The quantitative estimate of drug-likeness (QED) is 0.211. The first-order chi connectivity index (χ1) is 15.9. The van der Waals surface area contributed by atoms with Gasteiger partial charge in [0.1, 0.15) is 40.9 Å². The monoisotopic (exact) mass is 461 g/mol. The Morgan fingerprint density at radius 3 is 2.76 bits per heavy atom. The Kier molecular flexibility index (Phi) is 5.89. The molecule has 1 unspecified atom stereocenters. The van der Waals surface area contributed by atoms with Gasteiger partial charge in [-0.1, -0.05) is 17.8 Å². The second-order valence-electron chi connectivity index (χ2n) is 6.97. The molecule has 0 radical (unpaired) electrons. The van der Waals surface area contributed by atoms with Crippen molar-refractivity contribution in [2.75, 3.05) is 23.9 Å². The van der Waals surface area contributed by atoms with Gasteiger partial charge in [0.05, 0.1) is 12.8 Å². The minimum atomic E-state index is -0.641. The molecule has 0 amide bonds. The van der Waals surface area contributed by atoms with Gasteiger partial charge in [0.2, 0.25) is 11.1 Å². The Bertz CT molecular complexity index is 1330. The lowest BCUT2D eigenvalue weighted by Crippen LogP contribution is -2.32. The molecule has 1 aliphatic heterocycles. The molecule has 0 fully saturated rings. The Morgan fingerprint density at radius 1 is 1.27 bits per heavy atom. The van der Waals surface area contributed by atoms with Gasteiger partial charge in [0.25, 0.3) is 0 Å². The number of aromatic amines is 1. The van der Waals surface area contributed by atoms with Gasteiger partial charge in [0, 0.05) is 16.9 Å². The summed E-state index contributed by atoms with van der Waals surface area (Å²) in [5, 5.41) is 31.5. The van der Waals surface area contributed by atoms with E-state index in [0.29, 0.717) is 28.0 Å². The molecule has 13 heteroatoms. The fraction of sp³-hybridized carbons (Fsp3) is 0.200. The number of fused-ring (bicyclic) bond motifs is 1. The molecule has 12 nitrogen and oxygen atoms in total. The second-order valence-corrected chi connectivity index (χ2v) is 7.91. The van der Waals surface area contributed by atoms with Gasteiger partial charge in [-0.25, -0.2) is 15.0 Å². The summed E-state index contributed by atoms with van der Waals surface area (Å²) in [5.41, 5.74) is 14.6. The number of ether oxygens (including phenoxy) is 1. The number of hydrogen-bond donors (Lipinski definition) is 5. The van der Waals surface area contributed by atoms with E-state index in [0.717, 1.165) is 17.0 Å². The van der Waals surface area contributed by atoms with E-state index in [9.17, 15) is 5.26 Å². The molecule has 0 saturated carbocycles. The number of aromatic nitrogens is 4. The van der Waals surface area contributed by atoms with Crippen LogP contribution in [0.15, 0.2) is 28.3 Å². The molecule has 0 bridgehead atoms. The number of nitrogen functional groups attached to an aromatic ring is 2. The van der Waals surface area contributed by atoms with E-state index in [-0.39, 0.29) is 23.0 Å². The molecule has 33 heavy (non-hydrogen) atoms. The maximum Gasteiger partial charge on any atom is 0.211 e. The number of nitrogens with zero attached hydrogens (tertiary/aromatic N) is 6. The molecule has 3 heterocycles. The van der Waals surface area contributed by atoms with Crippen molar-refractivity contribution in [3.05, 3.63) is 46.3 Å². The van der Waals surface area contributed by atoms with Gasteiger partial charge in [-0.15, -0.1) is 5.10 Å². The van der Waals surface area contributed by atoms with E-state index in [4.69, 9.17) is 21.5 Å². The maximum atomic E-state index is 9.49. The molecule has 0 saturated heterocycles. The molecule has 1 atom stereocenters. The first-order valence-corrected chi connectivity index (χ1v) is 10.6. The molecule has 1 aromatic carbocycles. The predicted molar refractivity (Wildman–Crippen MR) is 123 cm³/mol. The van der Waals surface area contributed by atoms with Gasteiger partial charge < -0.3 is 21.5 Å². The fourth-order valence-corrected chi connectivity index (χ4v) is 4.25. The third-order valence-electron chi connectivity index (χ3n) is 4.91. The highest BCUT2D eigenvalue weighted by atomic mass is 32.2. The minimum Gasteiger partial charge on any atom is -0.496 e. The van der Waals surface area contributed by atoms with Crippen LogP contribution < -0.4 is 26.8 Å². The first kappa shape index (κ1) is 21.7. The number of H-pyrrole nitrogens is 1. The normalized spacial score (nSPS) is 14.3. The van der Waals surface area contributed by atoms with Crippen molar-refractivity contribution < 1.29 is 4.74 Å². The molecule has 0 aliphatic carbocycles. The van der Waals surface area contributed by atoms with E-state index in [2.05, 4.69) is 35.8 Å². The number of methoxy groups -OCH3 is 1. The van der Waals surface area contributed by atoms with Gasteiger partial charge in [-0.3, -0.25) is 10.4 Å². The predicted octanol–water partition coefficient (Wildman–Crippen LogP) is 1.79. The third kappa shape index (κ3) is 4.17. The molecule has 2 aromatic heterocycles. The third-order valence-corrected chi connectivity index (χ3v) is 5.81. The van der Waals surface area contributed by atoms with Crippen LogP contribution in [0.25, 0.3) is 0 Å². The highest BCUT2D eigenvalue weighted by Gasteiger charge is 2.30.